The molecule has 1 fully saturated rings. The van der Waals surface area contributed by atoms with E-state index in [9.17, 15) is 4.79 Å². The topological polar surface area (TPSA) is 76.8 Å². The molecule has 0 aliphatic carbocycles. The first-order valence-electron chi connectivity index (χ1n) is 8.07. The zero-order chi connectivity index (χ0) is 16.5. The summed E-state index contributed by atoms with van der Waals surface area (Å²) < 4.78 is 1.93. The Bertz CT molecular complexity index is 889. The number of rotatable bonds is 2. The number of benzene rings is 1. The van der Waals surface area contributed by atoms with E-state index in [-0.39, 0.29) is 11.8 Å². The summed E-state index contributed by atoms with van der Waals surface area (Å²) in [5.74, 6) is 1.07. The van der Waals surface area contributed by atoms with Gasteiger partial charge in [-0.25, -0.2) is 4.98 Å². The van der Waals surface area contributed by atoms with E-state index in [0.29, 0.717) is 12.2 Å². The lowest BCUT2D eigenvalue weighted by molar-refractivity contribution is 0.0697. The maximum atomic E-state index is 12.8. The van der Waals surface area contributed by atoms with Crippen LogP contribution in [-0.4, -0.2) is 48.6 Å². The zero-order valence-electron chi connectivity index (χ0n) is 13.5. The fourth-order valence-electron chi connectivity index (χ4n) is 3.26. The normalized spacial score (nSPS) is 18.0. The molecule has 1 saturated heterocycles. The fraction of sp³-hybridized carbons (Fsp3) is 0.353. The molecule has 1 aromatic carbocycles. The van der Waals surface area contributed by atoms with E-state index < -0.39 is 0 Å². The van der Waals surface area contributed by atoms with Gasteiger partial charge in [-0.2, -0.15) is 0 Å². The number of hydrogen-bond acceptors (Lipinski definition) is 5. The monoisotopic (exact) mass is 322 g/mol. The average molecular weight is 322 g/mol. The third kappa shape index (κ3) is 2.62. The van der Waals surface area contributed by atoms with Crippen LogP contribution in [0.5, 0.6) is 0 Å². The number of amides is 1. The largest absolute Gasteiger partial charge is 0.337 e. The minimum Gasteiger partial charge on any atom is -0.337 e. The van der Waals surface area contributed by atoms with Crippen LogP contribution >= 0.6 is 0 Å². The average Bonchev–Trinajstić information content (AvgIpc) is 3.07. The highest BCUT2D eigenvalue weighted by atomic mass is 16.2. The van der Waals surface area contributed by atoms with E-state index in [0.717, 1.165) is 36.2 Å². The number of likely N-dealkylation sites (tertiary alicyclic amines) is 1. The van der Waals surface area contributed by atoms with Gasteiger partial charge in [0.05, 0.1) is 17.2 Å². The van der Waals surface area contributed by atoms with Gasteiger partial charge in [0.1, 0.15) is 17.8 Å². The van der Waals surface area contributed by atoms with E-state index in [4.69, 9.17) is 0 Å². The number of aryl methyl sites for hydroxylation is 1. The molecule has 0 radical (unpaired) electrons. The molecule has 4 rings (SSSR count). The molecule has 0 spiro atoms. The standard InChI is InChI=1S/C17H18N6O/c1-22-11-19-21-16(22)12-5-4-8-23(10-12)17(24)15-9-18-13-6-2-3-7-14(13)20-15/h2-3,6-7,9,11-12H,4-5,8,10H2,1H3/t12-/m0/s1. The maximum absolute atomic E-state index is 12.8. The summed E-state index contributed by atoms with van der Waals surface area (Å²) in [5.41, 5.74) is 1.93. The lowest BCUT2D eigenvalue weighted by Crippen LogP contribution is -2.40. The molecule has 122 valence electrons. The summed E-state index contributed by atoms with van der Waals surface area (Å²) in [5, 5.41) is 8.14. The lowest BCUT2D eigenvalue weighted by Gasteiger charge is -2.31. The van der Waals surface area contributed by atoms with Crippen molar-refractivity contribution in [3.8, 4) is 0 Å². The van der Waals surface area contributed by atoms with Crippen molar-refractivity contribution in [1.29, 1.82) is 0 Å². The van der Waals surface area contributed by atoms with Crippen molar-refractivity contribution >= 4 is 16.9 Å². The molecule has 0 unspecified atom stereocenters. The molecule has 1 aliphatic rings. The van der Waals surface area contributed by atoms with Gasteiger partial charge in [0, 0.05) is 26.1 Å². The first kappa shape index (κ1) is 14.7. The van der Waals surface area contributed by atoms with Gasteiger partial charge in [0.2, 0.25) is 0 Å². The van der Waals surface area contributed by atoms with Gasteiger partial charge in [-0.3, -0.25) is 9.78 Å². The van der Waals surface area contributed by atoms with Gasteiger partial charge in [-0.05, 0) is 25.0 Å². The van der Waals surface area contributed by atoms with Crippen LogP contribution in [0, 0.1) is 0 Å². The summed E-state index contributed by atoms with van der Waals surface area (Å²) in [4.78, 5) is 23.5. The van der Waals surface area contributed by atoms with E-state index >= 15 is 0 Å². The van der Waals surface area contributed by atoms with Crippen LogP contribution in [0.1, 0.15) is 35.1 Å². The first-order chi connectivity index (χ1) is 11.7. The molecular formula is C17H18N6O. The smallest absolute Gasteiger partial charge is 0.274 e. The number of fused-ring (bicyclic) bond motifs is 1. The highest BCUT2D eigenvalue weighted by molar-refractivity contribution is 5.93. The van der Waals surface area contributed by atoms with Crippen LogP contribution in [-0.2, 0) is 7.05 Å². The van der Waals surface area contributed by atoms with E-state index in [1.807, 2.05) is 40.8 Å². The molecule has 3 aromatic rings. The van der Waals surface area contributed by atoms with Gasteiger partial charge in [0.25, 0.3) is 5.91 Å². The second-order valence-electron chi connectivity index (χ2n) is 6.13. The molecule has 2 aromatic heterocycles. The Hall–Kier alpha value is -2.83. The molecule has 1 atom stereocenters. The van der Waals surface area contributed by atoms with E-state index in [1.54, 1.807) is 12.5 Å². The van der Waals surface area contributed by atoms with Gasteiger partial charge < -0.3 is 9.47 Å². The minimum atomic E-state index is -0.0693. The molecule has 1 aliphatic heterocycles. The van der Waals surface area contributed by atoms with Crippen LogP contribution in [0.15, 0.2) is 36.8 Å². The lowest BCUT2D eigenvalue weighted by atomic mass is 9.97. The Morgan fingerprint density at radius 2 is 2.08 bits per heavy atom. The van der Waals surface area contributed by atoms with Gasteiger partial charge >= 0.3 is 0 Å². The number of piperidine rings is 1. The maximum Gasteiger partial charge on any atom is 0.274 e. The number of hydrogen-bond donors (Lipinski definition) is 0. The quantitative estimate of drug-likeness (QED) is 0.719. The highest BCUT2D eigenvalue weighted by Gasteiger charge is 2.28. The van der Waals surface area contributed by atoms with Crippen molar-refractivity contribution in [3.63, 3.8) is 0 Å². The Kier molecular flexibility index (Phi) is 3.68. The third-order valence-corrected chi connectivity index (χ3v) is 4.49. The van der Waals surface area contributed by atoms with E-state index in [2.05, 4.69) is 20.2 Å². The fourth-order valence-corrected chi connectivity index (χ4v) is 3.26. The summed E-state index contributed by atoms with van der Waals surface area (Å²) in [6.07, 6.45) is 5.23. The predicted octanol–water partition coefficient (Wildman–Crippen LogP) is 1.78. The van der Waals surface area contributed by atoms with Gasteiger partial charge in [-0.15, -0.1) is 10.2 Å². The molecule has 1 amide bonds. The third-order valence-electron chi connectivity index (χ3n) is 4.49. The zero-order valence-corrected chi connectivity index (χ0v) is 13.5. The molecule has 7 heteroatoms. The van der Waals surface area contributed by atoms with Crippen molar-refractivity contribution in [2.75, 3.05) is 13.1 Å². The summed E-state index contributed by atoms with van der Waals surface area (Å²) in [6.45, 7) is 1.38. The molecule has 0 saturated carbocycles. The number of carbonyl (C=O) groups excluding carboxylic acids is 1. The van der Waals surface area contributed by atoms with Crippen LogP contribution in [0.2, 0.25) is 0 Å². The minimum absolute atomic E-state index is 0.0693. The Morgan fingerprint density at radius 3 is 2.88 bits per heavy atom. The summed E-state index contributed by atoms with van der Waals surface area (Å²) in [6, 6.07) is 7.57. The summed E-state index contributed by atoms with van der Waals surface area (Å²) in [7, 11) is 1.94. The van der Waals surface area contributed by atoms with Crippen molar-refractivity contribution in [2.24, 2.45) is 7.05 Å². The molecule has 0 bridgehead atoms. The Morgan fingerprint density at radius 1 is 1.25 bits per heavy atom. The molecule has 24 heavy (non-hydrogen) atoms. The number of aromatic nitrogens is 5. The predicted molar refractivity (Wildman–Crippen MR) is 88.4 cm³/mol. The van der Waals surface area contributed by atoms with Crippen molar-refractivity contribution < 1.29 is 4.79 Å². The second-order valence-corrected chi connectivity index (χ2v) is 6.13. The Balaban J connectivity index is 1.57. The SMILES string of the molecule is Cn1cnnc1[C@H]1CCCN(C(=O)c2cnc3ccccc3n2)C1. The molecule has 3 heterocycles. The summed E-state index contributed by atoms with van der Waals surface area (Å²) >= 11 is 0. The molecule has 0 N–H and O–H groups in total. The molecular weight excluding hydrogens is 304 g/mol. The van der Waals surface area contributed by atoms with Gasteiger partial charge in [0.15, 0.2) is 0 Å². The van der Waals surface area contributed by atoms with Crippen molar-refractivity contribution in [2.45, 2.75) is 18.8 Å². The van der Waals surface area contributed by atoms with Crippen LogP contribution < -0.4 is 0 Å². The van der Waals surface area contributed by atoms with E-state index in [1.165, 1.54) is 0 Å². The van der Waals surface area contributed by atoms with Gasteiger partial charge in [-0.1, -0.05) is 12.1 Å². The number of nitrogens with zero attached hydrogens (tertiary/aromatic N) is 6. The van der Waals surface area contributed by atoms with Crippen LogP contribution in [0.3, 0.4) is 0 Å². The number of carbonyl (C=O) groups is 1. The molecule has 7 nitrogen and oxygen atoms in total. The highest BCUT2D eigenvalue weighted by Crippen LogP contribution is 2.26. The number of para-hydroxylation sites is 2. The van der Waals surface area contributed by atoms with Crippen molar-refractivity contribution in [3.05, 3.63) is 48.3 Å². The van der Waals surface area contributed by atoms with Crippen LogP contribution in [0.4, 0.5) is 0 Å². The van der Waals surface area contributed by atoms with Crippen molar-refractivity contribution in [1.82, 2.24) is 29.6 Å². The first-order valence-corrected chi connectivity index (χ1v) is 8.07. The van der Waals surface area contributed by atoms with Crippen LogP contribution in [0.25, 0.3) is 11.0 Å². The Labute approximate surface area is 139 Å². The second kappa shape index (κ2) is 5.99.